The van der Waals surface area contributed by atoms with Crippen molar-refractivity contribution in [3.8, 4) is 22.3 Å². The highest BCUT2D eigenvalue weighted by molar-refractivity contribution is 6.22. The lowest BCUT2D eigenvalue weighted by Crippen LogP contribution is -2.10. The highest BCUT2D eigenvalue weighted by Gasteiger charge is 2.23. The van der Waals surface area contributed by atoms with Gasteiger partial charge in [-0.05, 0) is 124 Å². The van der Waals surface area contributed by atoms with Crippen molar-refractivity contribution in [1.29, 1.82) is 0 Å². The first-order chi connectivity index (χ1) is 29.8. The Morgan fingerprint density at radius 1 is 0.250 bits per heavy atom. The van der Waals surface area contributed by atoms with Crippen LogP contribution in [0, 0.1) is 0 Å². The molecule has 0 N–H and O–H groups in total. The van der Waals surface area contributed by atoms with Crippen LogP contribution in [0.15, 0.2) is 243 Å². The third kappa shape index (κ3) is 6.38. The van der Waals surface area contributed by atoms with Crippen LogP contribution >= 0.6 is 0 Å². The third-order valence-electron chi connectivity index (χ3n) is 12.1. The molecule has 0 saturated carbocycles. The van der Waals surface area contributed by atoms with Crippen LogP contribution in [0.3, 0.4) is 0 Å². The standard InChI is InChI=1S/C59H41N/c1-5-19-43(20-6-1)57(48-30-29-41-17-13-15-25-46(41)37-48)49-32-35-53-55(39-49)58(44-21-7-2-8-22-44)54-36-34-52(40-56(54)59(53)45-23-9-3-10-24-45)60(50-27-11-4-12-28-50)51-33-31-42-18-14-16-26-47(42)38-51/h1-40,57H. The molecule has 0 radical (unpaired) electrons. The quantitative estimate of drug-likeness (QED) is 0.110. The van der Waals surface area contributed by atoms with Crippen molar-refractivity contribution in [2.24, 2.45) is 0 Å². The van der Waals surface area contributed by atoms with E-state index in [2.05, 4.69) is 248 Å². The van der Waals surface area contributed by atoms with Crippen molar-refractivity contribution >= 4 is 60.2 Å². The molecule has 0 heterocycles. The number of hydrogen-bond donors (Lipinski definition) is 0. The van der Waals surface area contributed by atoms with E-state index >= 15 is 0 Å². The monoisotopic (exact) mass is 763 g/mol. The number of hydrogen-bond acceptors (Lipinski definition) is 1. The molecule has 0 aliphatic carbocycles. The van der Waals surface area contributed by atoms with Crippen LogP contribution in [-0.2, 0) is 0 Å². The van der Waals surface area contributed by atoms with Gasteiger partial charge < -0.3 is 4.90 Å². The molecule has 0 aliphatic rings. The Morgan fingerprint density at radius 3 is 1.32 bits per heavy atom. The first kappa shape index (κ1) is 35.4. The molecule has 11 rings (SSSR count). The Bertz CT molecular complexity index is 3080. The lowest BCUT2D eigenvalue weighted by molar-refractivity contribution is 0.983. The van der Waals surface area contributed by atoms with Crippen molar-refractivity contribution in [1.82, 2.24) is 0 Å². The van der Waals surface area contributed by atoms with Crippen molar-refractivity contribution in [2.75, 3.05) is 4.90 Å². The molecule has 0 aromatic heterocycles. The SMILES string of the molecule is c1ccc(-c2c3ccc(N(c4ccccc4)c4ccc5ccccc5c4)cc3c(-c3ccccc3)c3ccc(C(c4ccccc4)c4ccc5ccccc5c4)cc23)cc1. The summed E-state index contributed by atoms with van der Waals surface area (Å²) in [4.78, 5) is 2.39. The van der Waals surface area contributed by atoms with Crippen LogP contribution in [0.5, 0.6) is 0 Å². The smallest absolute Gasteiger partial charge is 0.0468 e. The van der Waals surface area contributed by atoms with Gasteiger partial charge >= 0.3 is 0 Å². The van der Waals surface area contributed by atoms with Crippen molar-refractivity contribution in [3.63, 3.8) is 0 Å². The fraction of sp³-hybridized carbons (Fsp3) is 0.0169. The van der Waals surface area contributed by atoms with Gasteiger partial charge in [0.1, 0.15) is 0 Å². The minimum Gasteiger partial charge on any atom is -0.310 e. The number of benzene rings is 11. The van der Waals surface area contributed by atoms with Gasteiger partial charge in [0.25, 0.3) is 0 Å². The van der Waals surface area contributed by atoms with Gasteiger partial charge in [0.05, 0.1) is 0 Å². The first-order valence-electron chi connectivity index (χ1n) is 20.8. The Balaban J connectivity index is 1.20. The van der Waals surface area contributed by atoms with E-state index in [4.69, 9.17) is 0 Å². The predicted octanol–water partition coefficient (Wildman–Crippen LogP) is 16.3. The molecule has 0 fully saturated rings. The molecule has 11 aromatic rings. The van der Waals surface area contributed by atoms with Gasteiger partial charge in [0.15, 0.2) is 0 Å². The van der Waals surface area contributed by atoms with Gasteiger partial charge in [-0.15, -0.1) is 0 Å². The number of nitrogens with zero attached hydrogens (tertiary/aromatic N) is 1. The van der Waals surface area contributed by atoms with E-state index in [9.17, 15) is 0 Å². The minimum absolute atomic E-state index is 0.0449. The molecule has 0 aliphatic heterocycles. The van der Waals surface area contributed by atoms with Crippen LogP contribution in [0.25, 0.3) is 65.3 Å². The van der Waals surface area contributed by atoms with Crippen molar-refractivity contribution in [2.45, 2.75) is 5.92 Å². The maximum Gasteiger partial charge on any atom is 0.0468 e. The van der Waals surface area contributed by atoms with Gasteiger partial charge in [-0.1, -0.05) is 200 Å². The Labute approximate surface area is 351 Å². The van der Waals surface area contributed by atoms with E-state index < -0.39 is 0 Å². The van der Waals surface area contributed by atoms with Crippen molar-refractivity contribution < 1.29 is 0 Å². The van der Waals surface area contributed by atoms with Gasteiger partial charge in [0.2, 0.25) is 0 Å². The summed E-state index contributed by atoms with van der Waals surface area (Å²) in [6.07, 6.45) is 0. The Morgan fingerprint density at radius 2 is 0.683 bits per heavy atom. The molecule has 60 heavy (non-hydrogen) atoms. The van der Waals surface area contributed by atoms with E-state index in [0.29, 0.717) is 0 Å². The molecule has 282 valence electrons. The maximum absolute atomic E-state index is 2.48. The molecule has 0 spiro atoms. The normalized spacial score (nSPS) is 11.9. The zero-order chi connectivity index (χ0) is 39.8. The molecule has 1 unspecified atom stereocenters. The van der Waals surface area contributed by atoms with Crippen LogP contribution in [-0.4, -0.2) is 0 Å². The second kappa shape index (κ2) is 15.2. The van der Waals surface area contributed by atoms with Crippen LogP contribution in [0.2, 0.25) is 0 Å². The molecule has 11 aromatic carbocycles. The summed E-state index contributed by atoms with van der Waals surface area (Å²) in [5, 5.41) is 9.87. The van der Waals surface area contributed by atoms with Gasteiger partial charge in [-0.25, -0.2) is 0 Å². The third-order valence-corrected chi connectivity index (χ3v) is 12.1. The summed E-state index contributed by atoms with van der Waals surface area (Å²) < 4.78 is 0. The first-order valence-corrected chi connectivity index (χ1v) is 20.8. The highest BCUT2D eigenvalue weighted by Crippen LogP contribution is 2.48. The van der Waals surface area contributed by atoms with Crippen LogP contribution in [0.4, 0.5) is 17.1 Å². The predicted molar refractivity (Wildman–Crippen MR) is 256 cm³/mol. The van der Waals surface area contributed by atoms with Crippen LogP contribution < -0.4 is 4.90 Å². The Kier molecular flexibility index (Phi) is 8.98. The Hall–Kier alpha value is -7.74. The van der Waals surface area contributed by atoms with Gasteiger partial charge in [0, 0.05) is 23.0 Å². The molecular weight excluding hydrogens is 723 g/mol. The molecule has 0 saturated heterocycles. The summed E-state index contributed by atoms with van der Waals surface area (Å²) in [5.41, 5.74) is 12.0. The van der Waals surface area contributed by atoms with Gasteiger partial charge in [-0.2, -0.15) is 0 Å². The second-order valence-electron chi connectivity index (χ2n) is 15.7. The molecular formula is C59H41N. The highest BCUT2D eigenvalue weighted by atomic mass is 15.1. The fourth-order valence-electron chi connectivity index (χ4n) is 9.33. The summed E-state index contributed by atoms with van der Waals surface area (Å²) >= 11 is 0. The maximum atomic E-state index is 2.48. The summed E-state index contributed by atoms with van der Waals surface area (Å²) in [7, 11) is 0. The fourth-order valence-corrected chi connectivity index (χ4v) is 9.33. The topological polar surface area (TPSA) is 3.24 Å². The lowest BCUT2D eigenvalue weighted by atomic mass is 9.80. The molecule has 0 bridgehead atoms. The average molecular weight is 764 g/mol. The average Bonchev–Trinajstić information content (AvgIpc) is 3.32. The summed E-state index contributed by atoms with van der Waals surface area (Å²) in [6.45, 7) is 0. The number of para-hydroxylation sites is 1. The van der Waals surface area contributed by atoms with Gasteiger partial charge in [-0.3, -0.25) is 0 Å². The van der Waals surface area contributed by atoms with Crippen molar-refractivity contribution in [3.05, 3.63) is 259 Å². The number of fused-ring (bicyclic) bond motifs is 4. The molecule has 1 heteroatoms. The number of anilines is 3. The molecule has 0 amide bonds. The lowest BCUT2D eigenvalue weighted by Gasteiger charge is -2.27. The van der Waals surface area contributed by atoms with E-state index in [0.717, 1.165) is 17.1 Å². The van der Waals surface area contributed by atoms with E-state index in [1.807, 2.05) is 0 Å². The zero-order valence-corrected chi connectivity index (χ0v) is 33.1. The summed E-state index contributed by atoms with van der Waals surface area (Å²) in [5.74, 6) is 0.0449. The van der Waals surface area contributed by atoms with Crippen LogP contribution in [0.1, 0.15) is 22.6 Å². The largest absolute Gasteiger partial charge is 0.310 e. The molecule has 1 nitrogen and oxygen atoms in total. The minimum atomic E-state index is 0.0449. The van der Waals surface area contributed by atoms with E-state index in [-0.39, 0.29) is 5.92 Å². The summed E-state index contributed by atoms with van der Waals surface area (Å²) in [6, 6.07) is 89.0. The number of rotatable bonds is 8. The zero-order valence-electron chi connectivity index (χ0n) is 33.1. The second-order valence-corrected chi connectivity index (χ2v) is 15.7. The van der Waals surface area contributed by atoms with E-state index in [1.165, 1.54) is 82.0 Å². The molecule has 1 atom stereocenters. The van der Waals surface area contributed by atoms with E-state index in [1.54, 1.807) is 0 Å².